The van der Waals surface area contributed by atoms with E-state index in [0.717, 1.165) is 17.0 Å². The molecular formula is C20H25N3O2. The molecule has 0 saturated carbocycles. The van der Waals surface area contributed by atoms with Crippen LogP contribution in [0.15, 0.2) is 53.6 Å². The van der Waals surface area contributed by atoms with Gasteiger partial charge >= 0.3 is 0 Å². The Morgan fingerprint density at radius 2 is 1.80 bits per heavy atom. The van der Waals surface area contributed by atoms with Crippen LogP contribution in [0.1, 0.15) is 37.8 Å². The molecule has 0 spiro atoms. The first-order chi connectivity index (χ1) is 12.1. The number of carbonyl (C=O) groups excluding carboxylic acids is 1. The van der Waals surface area contributed by atoms with Gasteiger partial charge in [-0.3, -0.25) is 4.79 Å². The minimum atomic E-state index is -0.205. The van der Waals surface area contributed by atoms with Crippen molar-refractivity contribution >= 4 is 17.8 Å². The molecule has 0 bridgehead atoms. The Hall–Kier alpha value is -2.82. The third-order valence-corrected chi connectivity index (χ3v) is 3.62. The second-order valence-corrected chi connectivity index (χ2v) is 5.93. The monoisotopic (exact) mass is 339 g/mol. The number of nitrogens with one attached hydrogen (secondary N) is 2. The van der Waals surface area contributed by atoms with Gasteiger partial charge in [0.2, 0.25) is 0 Å². The fourth-order valence-electron chi connectivity index (χ4n) is 2.20. The van der Waals surface area contributed by atoms with E-state index in [0.29, 0.717) is 12.5 Å². The van der Waals surface area contributed by atoms with Crippen molar-refractivity contribution in [2.24, 2.45) is 5.10 Å². The van der Waals surface area contributed by atoms with E-state index in [4.69, 9.17) is 4.74 Å². The Morgan fingerprint density at radius 3 is 2.40 bits per heavy atom. The number of benzene rings is 2. The van der Waals surface area contributed by atoms with Crippen LogP contribution < -0.4 is 15.5 Å². The lowest BCUT2D eigenvalue weighted by atomic mass is 10.0. The summed E-state index contributed by atoms with van der Waals surface area (Å²) in [6.07, 6.45) is 1.64. The van der Waals surface area contributed by atoms with Crippen LogP contribution in [-0.4, -0.2) is 25.3 Å². The summed E-state index contributed by atoms with van der Waals surface area (Å²) in [4.78, 5) is 11.8. The van der Waals surface area contributed by atoms with Gasteiger partial charge in [0.05, 0.1) is 19.4 Å². The van der Waals surface area contributed by atoms with Crippen molar-refractivity contribution in [2.75, 3.05) is 18.5 Å². The molecule has 0 aliphatic heterocycles. The summed E-state index contributed by atoms with van der Waals surface area (Å²) in [5, 5.41) is 7.02. The van der Waals surface area contributed by atoms with E-state index in [9.17, 15) is 4.79 Å². The molecule has 0 radical (unpaired) electrons. The number of hydrogen-bond donors (Lipinski definition) is 2. The fraction of sp³-hybridized carbons (Fsp3) is 0.300. The highest BCUT2D eigenvalue weighted by Gasteiger charge is 2.01. The predicted molar refractivity (Wildman–Crippen MR) is 102 cm³/mol. The average Bonchev–Trinajstić information content (AvgIpc) is 2.62. The number of hydrazone groups is 1. The molecule has 0 fully saturated rings. The molecular weight excluding hydrogens is 314 g/mol. The van der Waals surface area contributed by atoms with Gasteiger partial charge < -0.3 is 10.1 Å². The van der Waals surface area contributed by atoms with Crippen LogP contribution in [-0.2, 0) is 4.79 Å². The maximum Gasteiger partial charge on any atom is 0.259 e. The number of ether oxygens (including phenoxy) is 1. The zero-order valence-corrected chi connectivity index (χ0v) is 15.0. The molecule has 0 atom stereocenters. The molecule has 0 aromatic heterocycles. The smallest absolute Gasteiger partial charge is 0.259 e. The molecule has 0 heterocycles. The van der Waals surface area contributed by atoms with Crippen molar-refractivity contribution < 1.29 is 9.53 Å². The van der Waals surface area contributed by atoms with Gasteiger partial charge in [-0.2, -0.15) is 5.10 Å². The van der Waals surface area contributed by atoms with Gasteiger partial charge in [-0.05, 0) is 48.2 Å². The number of hydrogen-bond acceptors (Lipinski definition) is 4. The second-order valence-electron chi connectivity index (χ2n) is 5.93. The van der Waals surface area contributed by atoms with Crippen molar-refractivity contribution in [1.29, 1.82) is 0 Å². The van der Waals surface area contributed by atoms with Crippen LogP contribution in [0.4, 0.5) is 5.69 Å². The Labute approximate surface area is 149 Å². The first-order valence-electron chi connectivity index (χ1n) is 8.47. The van der Waals surface area contributed by atoms with Gasteiger partial charge in [-0.15, -0.1) is 0 Å². The standard InChI is InChI=1S/C20H25N3O2/c1-4-25-19-11-9-18(10-12-19)21-14-20(24)23-22-13-16-5-7-17(8-6-16)15(2)3/h5-13,15,21H,4,14H2,1-3H3,(H,23,24). The Morgan fingerprint density at radius 1 is 1.12 bits per heavy atom. The van der Waals surface area contributed by atoms with E-state index >= 15 is 0 Å². The minimum absolute atomic E-state index is 0.150. The molecule has 1 amide bonds. The van der Waals surface area contributed by atoms with Crippen LogP contribution in [0.3, 0.4) is 0 Å². The Bertz CT molecular complexity index is 692. The molecule has 2 N–H and O–H groups in total. The summed E-state index contributed by atoms with van der Waals surface area (Å²) >= 11 is 0. The van der Waals surface area contributed by atoms with E-state index in [2.05, 4.69) is 41.8 Å². The number of anilines is 1. The third kappa shape index (κ3) is 6.30. The summed E-state index contributed by atoms with van der Waals surface area (Å²) in [6, 6.07) is 15.6. The zero-order valence-electron chi connectivity index (χ0n) is 15.0. The summed E-state index contributed by atoms with van der Waals surface area (Å²) in [6.45, 7) is 7.03. The largest absolute Gasteiger partial charge is 0.494 e. The topological polar surface area (TPSA) is 62.7 Å². The highest BCUT2D eigenvalue weighted by atomic mass is 16.5. The van der Waals surface area contributed by atoms with E-state index < -0.39 is 0 Å². The van der Waals surface area contributed by atoms with Gasteiger partial charge in [0.15, 0.2) is 0 Å². The van der Waals surface area contributed by atoms with Crippen molar-refractivity contribution in [3.63, 3.8) is 0 Å². The SMILES string of the molecule is CCOc1ccc(NCC(=O)NN=Cc2ccc(C(C)C)cc2)cc1. The average molecular weight is 339 g/mol. The predicted octanol–water partition coefficient (Wildman–Crippen LogP) is 3.77. The Kier molecular flexibility index (Phi) is 7.01. The lowest BCUT2D eigenvalue weighted by Gasteiger charge is -2.07. The number of nitrogens with zero attached hydrogens (tertiary/aromatic N) is 1. The number of carbonyl (C=O) groups is 1. The summed E-state index contributed by atoms with van der Waals surface area (Å²) < 4.78 is 5.38. The first-order valence-corrected chi connectivity index (χ1v) is 8.47. The summed E-state index contributed by atoms with van der Waals surface area (Å²) in [5.41, 5.74) is 5.59. The van der Waals surface area contributed by atoms with Gasteiger partial charge in [0.25, 0.3) is 5.91 Å². The van der Waals surface area contributed by atoms with Gasteiger partial charge in [0, 0.05) is 5.69 Å². The molecule has 132 valence electrons. The molecule has 0 aliphatic rings. The molecule has 2 aromatic carbocycles. The molecule has 2 rings (SSSR count). The molecule has 0 aliphatic carbocycles. The number of amides is 1. The highest BCUT2D eigenvalue weighted by Crippen LogP contribution is 2.15. The van der Waals surface area contributed by atoms with Crippen LogP contribution >= 0.6 is 0 Å². The zero-order chi connectivity index (χ0) is 18.1. The van der Waals surface area contributed by atoms with Crippen LogP contribution in [0.2, 0.25) is 0 Å². The summed E-state index contributed by atoms with van der Waals surface area (Å²) in [7, 11) is 0. The summed E-state index contributed by atoms with van der Waals surface area (Å²) in [5.74, 6) is 1.11. The maximum atomic E-state index is 11.8. The Balaban J connectivity index is 1.76. The van der Waals surface area contributed by atoms with E-state index in [1.807, 2.05) is 43.3 Å². The maximum absolute atomic E-state index is 11.8. The normalized spacial score (nSPS) is 10.9. The first kappa shape index (κ1) is 18.5. The quantitative estimate of drug-likeness (QED) is 0.568. The van der Waals surface area contributed by atoms with Gasteiger partial charge in [0.1, 0.15) is 5.75 Å². The molecule has 0 saturated heterocycles. The lowest BCUT2D eigenvalue weighted by molar-refractivity contribution is -0.119. The van der Waals surface area contributed by atoms with Crippen molar-refractivity contribution in [2.45, 2.75) is 26.7 Å². The van der Waals surface area contributed by atoms with Crippen molar-refractivity contribution in [3.05, 3.63) is 59.7 Å². The molecule has 5 heteroatoms. The van der Waals surface area contributed by atoms with Crippen molar-refractivity contribution in [1.82, 2.24) is 5.43 Å². The van der Waals surface area contributed by atoms with Crippen LogP contribution in [0, 0.1) is 0 Å². The van der Waals surface area contributed by atoms with E-state index in [1.54, 1.807) is 6.21 Å². The molecule has 5 nitrogen and oxygen atoms in total. The van der Waals surface area contributed by atoms with Gasteiger partial charge in [-0.1, -0.05) is 38.1 Å². The number of rotatable bonds is 8. The third-order valence-electron chi connectivity index (χ3n) is 3.62. The van der Waals surface area contributed by atoms with Crippen LogP contribution in [0.5, 0.6) is 5.75 Å². The second kappa shape index (κ2) is 9.47. The van der Waals surface area contributed by atoms with Crippen molar-refractivity contribution in [3.8, 4) is 5.75 Å². The molecule has 25 heavy (non-hydrogen) atoms. The van der Waals surface area contributed by atoms with E-state index in [-0.39, 0.29) is 12.5 Å². The van der Waals surface area contributed by atoms with Crippen LogP contribution in [0.25, 0.3) is 0 Å². The van der Waals surface area contributed by atoms with Gasteiger partial charge in [-0.25, -0.2) is 5.43 Å². The molecule has 0 unspecified atom stereocenters. The minimum Gasteiger partial charge on any atom is -0.494 e. The van der Waals surface area contributed by atoms with E-state index in [1.165, 1.54) is 5.56 Å². The lowest BCUT2D eigenvalue weighted by Crippen LogP contribution is -2.25. The highest BCUT2D eigenvalue weighted by molar-refractivity contribution is 5.84. The molecule has 2 aromatic rings. The fourth-order valence-corrected chi connectivity index (χ4v) is 2.20.